The van der Waals surface area contributed by atoms with Crippen molar-refractivity contribution >= 4 is 28.9 Å². The highest BCUT2D eigenvalue weighted by Crippen LogP contribution is 2.38. The highest BCUT2D eigenvalue weighted by Gasteiger charge is 2.32. The summed E-state index contributed by atoms with van der Waals surface area (Å²) >= 11 is 0. The van der Waals surface area contributed by atoms with Crippen molar-refractivity contribution < 1.29 is 24.2 Å². The van der Waals surface area contributed by atoms with Gasteiger partial charge in [-0.25, -0.2) is 0 Å². The molecule has 0 radical (unpaired) electrons. The number of anilines is 3. The Morgan fingerprint density at radius 3 is 2.25 bits per heavy atom. The fraction of sp³-hybridized carbons (Fsp3) is 0.342. The summed E-state index contributed by atoms with van der Waals surface area (Å²) in [6.07, 6.45) is 4.31. The minimum absolute atomic E-state index is 0.00798. The summed E-state index contributed by atoms with van der Waals surface area (Å²) in [6.45, 7) is 1.57. The number of pyridine rings is 1. The molecule has 2 heterocycles. The predicted octanol–water partition coefficient (Wildman–Crippen LogP) is 6.01. The quantitative estimate of drug-likeness (QED) is 0.0905. The monoisotopic (exact) mass is 651 g/mol. The molecule has 0 aliphatic carbocycles. The standard InChI is InChI=1S/C38H45N5O5/c1-43(23-21-30-8-6-7-22-40-30)25-32-24-35(28-15-13-27(26-44)14-16-28)48-38(47-32)29-17-19-31(20-18-29)41-36(45)11-4-5-12-37(46)42-34-10-3-2-9-33(34)39/h2-3,6-10,13-20,22,32,35,38,44H,4-5,11-12,21,23-26,39H2,1H3,(H,41,45)(H,42,46). The van der Waals surface area contributed by atoms with E-state index in [1.165, 1.54) is 0 Å². The Morgan fingerprint density at radius 1 is 0.875 bits per heavy atom. The van der Waals surface area contributed by atoms with Crippen molar-refractivity contribution in [3.8, 4) is 0 Å². The molecule has 3 aromatic carbocycles. The average Bonchev–Trinajstić information content (AvgIpc) is 3.11. The first-order valence-corrected chi connectivity index (χ1v) is 16.5. The third-order valence-electron chi connectivity index (χ3n) is 8.37. The summed E-state index contributed by atoms with van der Waals surface area (Å²) in [6, 6.07) is 28.5. The Labute approximate surface area is 282 Å². The number of nitrogens with zero attached hydrogens (tertiary/aromatic N) is 2. The first kappa shape index (κ1) is 34.7. The Morgan fingerprint density at radius 2 is 1.56 bits per heavy atom. The predicted molar refractivity (Wildman–Crippen MR) is 187 cm³/mol. The number of hydrogen-bond acceptors (Lipinski definition) is 8. The number of aliphatic hydroxyl groups is 1. The summed E-state index contributed by atoms with van der Waals surface area (Å²) in [7, 11) is 2.09. The van der Waals surface area contributed by atoms with Crippen molar-refractivity contribution in [1.29, 1.82) is 0 Å². The van der Waals surface area contributed by atoms with Gasteiger partial charge in [-0.1, -0.05) is 54.6 Å². The van der Waals surface area contributed by atoms with Crippen molar-refractivity contribution in [1.82, 2.24) is 9.88 Å². The number of amides is 2. The summed E-state index contributed by atoms with van der Waals surface area (Å²) in [5, 5.41) is 15.3. The third kappa shape index (κ3) is 10.4. The van der Waals surface area contributed by atoms with Gasteiger partial charge in [0.1, 0.15) is 0 Å². The normalized spacial score (nSPS) is 17.6. The molecule has 1 aliphatic heterocycles. The highest BCUT2D eigenvalue weighted by molar-refractivity contribution is 5.94. The van der Waals surface area contributed by atoms with Crippen LogP contribution in [0.5, 0.6) is 0 Å². The van der Waals surface area contributed by atoms with Crippen LogP contribution in [0.2, 0.25) is 0 Å². The van der Waals surface area contributed by atoms with Crippen LogP contribution in [0.4, 0.5) is 17.1 Å². The van der Waals surface area contributed by atoms with Crippen molar-refractivity contribution in [3.05, 3.63) is 120 Å². The van der Waals surface area contributed by atoms with Crippen LogP contribution in [-0.2, 0) is 32.1 Å². The van der Waals surface area contributed by atoms with Crippen LogP contribution in [0.3, 0.4) is 0 Å². The summed E-state index contributed by atoms with van der Waals surface area (Å²) in [5.41, 5.74) is 11.5. The zero-order valence-electron chi connectivity index (χ0n) is 27.4. The fourth-order valence-corrected chi connectivity index (χ4v) is 5.67. The lowest BCUT2D eigenvalue weighted by atomic mass is 9.99. The molecule has 1 aliphatic rings. The van der Waals surface area contributed by atoms with Crippen molar-refractivity contribution in [2.75, 3.05) is 36.5 Å². The zero-order valence-corrected chi connectivity index (χ0v) is 27.4. The molecule has 0 spiro atoms. The Kier molecular flexibility index (Phi) is 12.7. The first-order valence-electron chi connectivity index (χ1n) is 16.5. The minimum atomic E-state index is -0.586. The molecule has 0 bridgehead atoms. The molecule has 1 aromatic heterocycles. The molecule has 4 aromatic rings. The largest absolute Gasteiger partial charge is 0.397 e. The van der Waals surface area contributed by atoms with E-state index in [1.807, 2.05) is 85.1 Å². The van der Waals surface area contributed by atoms with Crippen LogP contribution in [0, 0.1) is 0 Å². The second-order valence-corrected chi connectivity index (χ2v) is 12.2. The summed E-state index contributed by atoms with van der Waals surface area (Å²) in [4.78, 5) is 31.6. The Balaban J connectivity index is 1.13. The maximum absolute atomic E-state index is 12.6. The van der Waals surface area contributed by atoms with E-state index in [0.717, 1.165) is 41.9 Å². The number of nitrogens with two attached hydrogens (primary N) is 1. The van der Waals surface area contributed by atoms with Gasteiger partial charge in [-0.2, -0.15) is 0 Å². The van der Waals surface area contributed by atoms with Crippen LogP contribution >= 0.6 is 0 Å². The summed E-state index contributed by atoms with van der Waals surface area (Å²) in [5.74, 6) is -0.236. The zero-order chi connectivity index (χ0) is 33.7. The third-order valence-corrected chi connectivity index (χ3v) is 8.37. The second kappa shape index (κ2) is 17.5. The number of aromatic nitrogens is 1. The Hall–Kier alpha value is -4.61. The molecular formula is C38H45N5O5. The molecule has 5 rings (SSSR count). The van der Waals surface area contributed by atoms with E-state index in [1.54, 1.807) is 12.1 Å². The van der Waals surface area contributed by atoms with E-state index in [4.69, 9.17) is 15.2 Å². The van der Waals surface area contributed by atoms with Crippen LogP contribution in [0.25, 0.3) is 0 Å². The number of hydrogen-bond donors (Lipinski definition) is 4. The lowest BCUT2D eigenvalue weighted by molar-refractivity contribution is -0.252. The van der Waals surface area contributed by atoms with Gasteiger partial charge < -0.3 is 35.8 Å². The molecule has 252 valence electrons. The molecular weight excluding hydrogens is 606 g/mol. The van der Waals surface area contributed by atoms with Crippen molar-refractivity contribution in [2.45, 2.75) is 63.6 Å². The lowest BCUT2D eigenvalue weighted by Crippen LogP contribution is -2.38. The molecule has 48 heavy (non-hydrogen) atoms. The van der Waals surface area contributed by atoms with Crippen LogP contribution in [0.1, 0.15) is 66.9 Å². The topological polar surface area (TPSA) is 139 Å². The van der Waals surface area contributed by atoms with Crippen LogP contribution in [-0.4, -0.2) is 53.0 Å². The average molecular weight is 652 g/mol. The van der Waals surface area contributed by atoms with Gasteiger partial charge in [0, 0.05) is 61.9 Å². The van der Waals surface area contributed by atoms with Gasteiger partial charge in [0.15, 0.2) is 6.29 Å². The molecule has 3 atom stereocenters. The fourth-order valence-electron chi connectivity index (χ4n) is 5.67. The molecule has 10 heteroatoms. The maximum atomic E-state index is 12.6. The molecule has 3 unspecified atom stereocenters. The van der Waals surface area contributed by atoms with Gasteiger partial charge in [0.25, 0.3) is 0 Å². The van der Waals surface area contributed by atoms with Crippen molar-refractivity contribution in [2.24, 2.45) is 0 Å². The van der Waals surface area contributed by atoms with Gasteiger partial charge in [-0.05, 0) is 67.4 Å². The number of benzene rings is 3. The van der Waals surface area contributed by atoms with Crippen LogP contribution in [0.15, 0.2) is 97.2 Å². The number of para-hydroxylation sites is 2. The number of likely N-dealkylation sites (N-methyl/N-ethyl adjacent to an activating group) is 1. The van der Waals surface area contributed by atoms with E-state index >= 15 is 0 Å². The molecule has 0 saturated carbocycles. The Bertz CT molecular complexity index is 1600. The number of carbonyl (C=O) groups is 2. The number of rotatable bonds is 15. The number of carbonyl (C=O) groups excluding carboxylic acids is 2. The first-order chi connectivity index (χ1) is 23.4. The van der Waals surface area contributed by atoms with Gasteiger partial charge in [0.2, 0.25) is 11.8 Å². The van der Waals surface area contributed by atoms with E-state index in [9.17, 15) is 14.7 Å². The van der Waals surface area contributed by atoms with Gasteiger partial charge in [0.05, 0.1) is 30.2 Å². The van der Waals surface area contributed by atoms with Gasteiger partial charge in [-0.3, -0.25) is 14.6 Å². The van der Waals surface area contributed by atoms with E-state index in [0.29, 0.717) is 49.2 Å². The number of aliphatic hydroxyl groups excluding tert-OH is 1. The second-order valence-electron chi connectivity index (χ2n) is 12.2. The maximum Gasteiger partial charge on any atom is 0.224 e. The summed E-state index contributed by atoms with van der Waals surface area (Å²) < 4.78 is 13.0. The molecule has 2 amide bonds. The van der Waals surface area contributed by atoms with Gasteiger partial charge >= 0.3 is 0 Å². The SMILES string of the molecule is CN(CCc1ccccn1)CC1CC(c2ccc(CO)cc2)OC(c2ccc(NC(=O)CCCCC(=O)Nc3ccccc3N)cc2)O1. The van der Waals surface area contributed by atoms with Crippen LogP contribution < -0.4 is 16.4 Å². The highest BCUT2D eigenvalue weighted by atomic mass is 16.7. The molecule has 10 nitrogen and oxygen atoms in total. The number of ether oxygens (including phenoxy) is 2. The van der Waals surface area contributed by atoms with Crippen molar-refractivity contribution in [3.63, 3.8) is 0 Å². The number of nitrogens with one attached hydrogen (secondary N) is 2. The number of nitrogen functional groups attached to an aromatic ring is 1. The number of unbranched alkanes of at least 4 members (excludes halogenated alkanes) is 1. The molecule has 1 fully saturated rings. The lowest BCUT2D eigenvalue weighted by Gasteiger charge is -2.38. The van der Waals surface area contributed by atoms with E-state index < -0.39 is 6.29 Å². The smallest absolute Gasteiger partial charge is 0.224 e. The molecule has 5 N–H and O–H groups in total. The minimum Gasteiger partial charge on any atom is -0.397 e. The van der Waals surface area contributed by atoms with E-state index in [2.05, 4.69) is 27.6 Å². The molecule has 1 saturated heterocycles. The van der Waals surface area contributed by atoms with E-state index in [-0.39, 0.29) is 30.6 Å². The van der Waals surface area contributed by atoms with Gasteiger partial charge in [-0.15, -0.1) is 0 Å².